The van der Waals surface area contributed by atoms with Gasteiger partial charge < -0.3 is 64.2 Å². The first-order valence-electron chi connectivity index (χ1n) is 19.1. The first-order valence-corrected chi connectivity index (χ1v) is 19.1. The maximum absolute atomic E-state index is 12.3. The maximum Gasteiger partial charge on any atom is 0.187 e. The monoisotopic (exact) mass is 722 g/mol. The summed E-state index contributed by atoms with van der Waals surface area (Å²) in [6, 6.07) is 0. The molecule has 21 atom stereocenters. The number of hydrogen-bond donors (Lipinski definition) is 7. The van der Waals surface area contributed by atoms with E-state index in [1.54, 1.807) is 0 Å². The Morgan fingerprint density at radius 2 is 1.61 bits per heavy atom. The Bertz CT molecular complexity index is 1360. The van der Waals surface area contributed by atoms with Crippen molar-refractivity contribution in [3.63, 3.8) is 0 Å². The largest absolute Gasteiger partial charge is 0.390 e. The van der Waals surface area contributed by atoms with Crippen molar-refractivity contribution < 1.29 is 64.2 Å². The Hall–Kier alpha value is -1.04. The molecule has 0 radical (unpaired) electrons. The van der Waals surface area contributed by atoms with Crippen molar-refractivity contribution in [1.82, 2.24) is 0 Å². The highest BCUT2D eigenvalue weighted by atomic mass is 16.8. The number of aliphatic hydroxyl groups is 7. The van der Waals surface area contributed by atoms with Gasteiger partial charge in [0.25, 0.3) is 0 Å². The van der Waals surface area contributed by atoms with Crippen molar-refractivity contribution in [3.8, 4) is 0 Å². The molecule has 7 N–H and O–H groups in total. The summed E-state index contributed by atoms with van der Waals surface area (Å²) in [5, 5.41) is 76.3. The number of aliphatic hydroxyl groups excluding tert-OH is 7. The molecular formula is C38H58O13. The van der Waals surface area contributed by atoms with Crippen molar-refractivity contribution in [3.05, 3.63) is 23.8 Å². The predicted octanol–water partition coefficient (Wildman–Crippen LogP) is 0.891. The van der Waals surface area contributed by atoms with E-state index in [4.69, 9.17) is 28.4 Å². The van der Waals surface area contributed by atoms with Crippen LogP contribution in [0.15, 0.2) is 23.8 Å². The Morgan fingerprint density at radius 1 is 0.863 bits per heavy atom. The lowest BCUT2D eigenvalue weighted by Crippen LogP contribution is -2.65. The Labute approximate surface area is 299 Å². The van der Waals surface area contributed by atoms with E-state index in [9.17, 15) is 35.7 Å². The smallest absolute Gasteiger partial charge is 0.187 e. The lowest BCUT2D eigenvalue weighted by molar-refractivity contribution is -0.365. The van der Waals surface area contributed by atoms with E-state index in [0.29, 0.717) is 30.8 Å². The molecule has 0 unspecified atom stereocenters. The van der Waals surface area contributed by atoms with Gasteiger partial charge >= 0.3 is 0 Å². The van der Waals surface area contributed by atoms with Gasteiger partial charge in [0.1, 0.15) is 42.7 Å². The minimum Gasteiger partial charge on any atom is -0.390 e. The molecule has 4 saturated heterocycles. The summed E-state index contributed by atoms with van der Waals surface area (Å²) in [5.41, 5.74) is 1.51. The van der Waals surface area contributed by atoms with E-state index in [-0.39, 0.29) is 30.0 Å². The van der Waals surface area contributed by atoms with Crippen molar-refractivity contribution in [1.29, 1.82) is 0 Å². The summed E-state index contributed by atoms with van der Waals surface area (Å²) >= 11 is 0. The van der Waals surface area contributed by atoms with Gasteiger partial charge in [-0.1, -0.05) is 44.6 Å². The van der Waals surface area contributed by atoms with E-state index >= 15 is 0 Å². The molecule has 8 aliphatic rings. The molecule has 4 aliphatic heterocycles. The number of rotatable bonds is 4. The molecule has 13 heteroatoms. The molecule has 0 aromatic carbocycles. The SMILES string of the molecule is C=C1CC[C@@]2(OC1)O[C@H]1C[C@@H]3[C@@H]4CC=C5C[C@@H](O)[C@@H](O[C@@H]6OC[C@H](O)[C@H](O)[C@H]6O[C@H]6O[C@@H](C)[C@H](O)[C@@H](O)[C@H]6O)[C@@H](O)[C@]5(C)[C@H]4CC[C@]3(C)[C@H]1[C@@H]2C. The summed E-state index contributed by atoms with van der Waals surface area (Å²) in [4.78, 5) is 0. The van der Waals surface area contributed by atoms with Crippen molar-refractivity contribution >= 4 is 0 Å². The molecule has 288 valence electrons. The average molecular weight is 723 g/mol. The fourth-order valence-electron chi connectivity index (χ4n) is 12.2. The van der Waals surface area contributed by atoms with E-state index < -0.39 is 84.8 Å². The zero-order chi connectivity index (χ0) is 36.4. The molecule has 7 fully saturated rings. The zero-order valence-electron chi connectivity index (χ0n) is 30.1. The average Bonchev–Trinajstić information content (AvgIpc) is 3.55. The topological polar surface area (TPSA) is 197 Å². The van der Waals surface area contributed by atoms with Gasteiger partial charge in [0.05, 0.1) is 37.6 Å². The van der Waals surface area contributed by atoms with Crippen LogP contribution < -0.4 is 0 Å². The van der Waals surface area contributed by atoms with E-state index in [1.807, 2.05) is 0 Å². The number of fused-ring (bicyclic) bond motifs is 7. The van der Waals surface area contributed by atoms with Gasteiger partial charge in [-0.15, -0.1) is 0 Å². The Morgan fingerprint density at radius 3 is 2.33 bits per heavy atom. The molecule has 13 nitrogen and oxygen atoms in total. The third kappa shape index (κ3) is 5.51. The normalized spacial score (nSPS) is 58.4. The molecule has 8 rings (SSSR count). The molecule has 1 spiro atoms. The molecular weight excluding hydrogens is 664 g/mol. The first kappa shape index (κ1) is 36.9. The lowest BCUT2D eigenvalue weighted by Gasteiger charge is -2.60. The summed E-state index contributed by atoms with van der Waals surface area (Å²) in [7, 11) is 0. The number of allylic oxidation sites excluding steroid dienone is 1. The van der Waals surface area contributed by atoms with E-state index in [1.165, 1.54) is 6.92 Å². The maximum atomic E-state index is 12.3. The fraction of sp³-hybridized carbons (Fsp3) is 0.895. The number of hydrogen-bond acceptors (Lipinski definition) is 13. The number of ether oxygens (including phenoxy) is 6. The van der Waals surface area contributed by atoms with Gasteiger partial charge in [0.15, 0.2) is 18.4 Å². The highest BCUT2D eigenvalue weighted by molar-refractivity contribution is 5.30. The zero-order valence-corrected chi connectivity index (χ0v) is 30.1. The Kier molecular flexibility index (Phi) is 9.43. The molecule has 3 saturated carbocycles. The molecule has 0 bridgehead atoms. The van der Waals surface area contributed by atoms with Gasteiger partial charge in [-0.05, 0) is 74.5 Å². The second-order valence-electron chi connectivity index (χ2n) is 17.6. The Balaban J connectivity index is 1.01. The van der Waals surface area contributed by atoms with Crippen LogP contribution in [0.1, 0.15) is 72.6 Å². The van der Waals surface area contributed by atoms with E-state index in [2.05, 4.69) is 33.4 Å². The highest BCUT2D eigenvalue weighted by Crippen LogP contribution is 2.70. The van der Waals surface area contributed by atoms with Gasteiger partial charge in [-0.2, -0.15) is 0 Å². The summed E-state index contributed by atoms with van der Waals surface area (Å²) < 4.78 is 36.9. The van der Waals surface area contributed by atoms with Gasteiger partial charge in [0, 0.05) is 17.8 Å². The third-order valence-corrected chi connectivity index (χ3v) is 15.1. The summed E-state index contributed by atoms with van der Waals surface area (Å²) in [5.74, 6) is 0.931. The van der Waals surface area contributed by atoms with Crippen LogP contribution in [0.3, 0.4) is 0 Å². The van der Waals surface area contributed by atoms with Crippen molar-refractivity contribution in [2.24, 2.45) is 40.4 Å². The van der Waals surface area contributed by atoms with Crippen LogP contribution >= 0.6 is 0 Å². The molecule has 0 aromatic heterocycles. The van der Waals surface area contributed by atoms with Crippen LogP contribution in [-0.4, -0.2) is 134 Å². The highest BCUT2D eigenvalue weighted by Gasteiger charge is 2.70. The minimum absolute atomic E-state index is 0.0631. The third-order valence-electron chi connectivity index (χ3n) is 15.1. The second kappa shape index (κ2) is 13.0. The van der Waals surface area contributed by atoms with Crippen LogP contribution in [0.5, 0.6) is 0 Å². The second-order valence-corrected chi connectivity index (χ2v) is 17.6. The van der Waals surface area contributed by atoms with Crippen molar-refractivity contribution in [2.75, 3.05) is 13.2 Å². The predicted molar refractivity (Wildman–Crippen MR) is 178 cm³/mol. The fourth-order valence-corrected chi connectivity index (χ4v) is 12.2. The molecule has 51 heavy (non-hydrogen) atoms. The molecule has 4 heterocycles. The van der Waals surface area contributed by atoms with Crippen LogP contribution in [0, 0.1) is 40.4 Å². The molecule has 0 amide bonds. The van der Waals surface area contributed by atoms with Crippen LogP contribution in [0.4, 0.5) is 0 Å². The molecule has 0 aromatic rings. The van der Waals surface area contributed by atoms with Crippen LogP contribution in [0.25, 0.3) is 0 Å². The van der Waals surface area contributed by atoms with Crippen LogP contribution in [0.2, 0.25) is 0 Å². The van der Waals surface area contributed by atoms with Crippen molar-refractivity contribution in [2.45, 2.75) is 158 Å². The summed E-state index contributed by atoms with van der Waals surface area (Å²) in [6.45, 7) is 12.7. The van der Waals surface area contributed by atoms with Gasteiger partial charge in [-0.3, -0.25) is 0 Å². The van der Waals surface area contributed by atoms with E-state index in [0.717, 1.165) is 49.7 Å². The van der Waals surface area contributed by atoms with Gasteiger partial charge in [0.2, 0.25) is 0 Å². The summed E-state index contributed by atoms with van der Waals surface area (Å²) in [6.07, 6.45) is -7.86. The first-order chi connectivity index (χ1) is 24.1. The molecule has 4 aliphatic carbocycles. The van der Waals surface area contributed by atoms with Crippen LogP contribution in [-0.2, 0) is 28.4 Å². The minimum atomic E-state index is -1.67. The van der Waals surface area contributed by atoms with Gasteiger partial charge in [-0.25, -0.2) is 0 Å². The lowest BCUT2D eigenvalue weighted by atomic mass is 9.46. The standard InChI is InChI=1S/C38H58O13/c1-16-8-11-38(47-14-16)17(2)26-25(51-38)13-22-20-7-6-19-12-23(39)31(33(45)37(19,5)21(20)9-10-36(22,26)4)49-35-32(28(42)24(40)15-46-35)50-34-30(44)29(43)27(41)18(3)48-34/h6,17-18,20-35,39-45H,1,7-15H2,2-5H3/t17-,18-,20+,21-,22+,23+,24-,25-,26-,27-,28-,29+,30+,31+,32+,33+,34+,35-,36-,37-,38+/m0/s1. The quantitative estimate of drug-likeness (QED) is 0.202.